The topological polar surface area (TPSA) is 165 Å². The average Bonchev–Trinajstić information content (AvgIpc) is 3.90. The van der Waals surface area contributed by atoms with E-state index in [0.29, 0.717) is 36.8 Å². The molecule has 4 heterocycles. The second-order valence-corrected chi connectivity index (χ2v) is 15.1. The predicted molar refractivity (Wildman–Crippen MR) is 202 cm³/mol. The maximum Gasteiger partial charge on any atom is 0.313 e. The van der Waals surface area contributed by atoms with Crippen LogP contribution in [0.4, 0.5) is 0 Å². The average molecular weight is 808 g/mol. The minimum absolute atomic E-state index is 0.0338. The largest absolute Gasteiger partial charge is 0.455 e. The van der Waals surface area contributed by atoms with Crippen molar-refractivity contribution < 1.29 is 38.5 Å². The molecular weight excluding hydrogens is 760 g/mol. The number of carbonyl (C=O) groups excluding carboxylic acids is 4. The number of para-hydroxylation sites is 1. The predicted octanol–water partition coefficient (Wildman–Crippen LogP) is 3.31. The number of unbranched alkanes of at least 4 members (excludes halogenated alkanes) is 1. The van der Waals surface area contributed by atoms with Gasteiger partial charge < -0.3 is 34.4 Å². The number of methoxy groups -OCH3 is 1. The van der Waals surface area contributed by atoms with E-state index in [1.165, 1.54) is 12.0 Å². The van der Waals surface area contributed by atoms with Crippen molar-refractivity contribution >= 4 is 50.7 Å². The smallest absolute Gasteiger partial charge is 0.313 e. The van der Waals surface area contributed by atoms with Gasteiger partial charge in [-0.3, -0.25) is 19.2 Å². The first kappa shape index (κ1) is 39.3. The number of likely N-dealkylation sites (tertiary alicyclic amines) is 1. The molecule has 2 N–H and O–H groups in total. The van der Waals surface area contributed by atoms with Crippen LogP contribution in [0.25, 0.3) is 11.0 Å². The molecular formula is C39H47BrN6O8. The molecule has 1 aromatic heterocycles. The molecule has 288 valence electrons. The zero-order chi connectivity index (χ0) is 38.4. The standard InChI is InChI=1S/C39H47BrN6O8/c1-4-6-18-30(48)41-28(23-52-3)33(25-14-8-7-9-15-25)53-38(51)31-32-36(49)45(20-12-13-21-47)35(39(32)22-26(40)34(31)54-39)37(50)44(19-5-2)24-46-29-17-11-10-16-27(29)42-43-46/h4-5,7-11,14-17,26,28,31-35,47H,1-2,6,12-13,18-24H2,3H3,(H,41,48)/t26?,28-,31+,32-,33-,34+,35+,39-/m1/s1. The summed E-state index contributed by atoms with van der Waals surface area (Å²) >= 11 is 3.74. The van der Waals surface area contributed by atoms with Gasteiger partial charge in [-0.1, -0.05) is 75.8 Å². The fourth-order valence-electron chi connectivity index (χ4n) is 8.17. The lowest BCUT2D eigenvalue weighted by molar-refractivity contribution is -0.163. The van der Waals surface area contributed by atoms with Crippen LogP contribution >= 0.6 is 15.9 Å². The number of rotatable bonds is 19. The Morgan fingerprint density at radius 1 is 1.15 bits per heavy atom. The number of alkyl halides is 1. The van der Waals surface area contributed by atoms with Crippen molar-refractivity contribution in [2.75, 3.05) is 33.4 Å². The number of aliphatic hydroxyl groups excluding tert-OH is 1. The minimum Gasteiger partial charge on any atom is -0.455 e. The summed E-state index contributed by atoms with van der Waals surface area (Å²) in [6.45, 7) is 7.89. The number of esters is 1. The number of ether oxygens (including phenoxy) is 3. The van der Waals surface area contributed by atoms with E-state index in [0.717, 1.165) is 5.52 Å². The third-order valence-electron chi connectivity index (χ3n) is 10.5. The van der Waals surface area contributed by atoms with Crippen LogP contribution in [0, 0.1) is 11.8 Å². The molecule has 3 saturated heterocycles. The van der Waals surface area contributed by atoms with Gasteiger partial charge >= 0.3 is 5.97 Å². The van der Waals surface area contributed by atoms with Gasteiger partial charge in [0.2, 0.25) is 17.7 Å². The Bertz CT molecular complexity index is 1840. The monoisotopic (exact) mass is 806 g/mol. The van der Waals surface area contributed by atoms with Gasteiger partial charge in [0.15, 0.2) is 0 Å². The lowest BCUT2D eigenvalue weighted by Gasteiger charge is -2.37. The Labute approximate surface area is 322 Å². The van der Waals surface area contributed by atoms with Crippen LogP contribution in [-0.2, 0) is 40.1 Å². The lowest BCUT2D eigenvalue weighted by atomic mass is 9.70. The molecule has 2 aromatic carbocycles. The van der Waals surface area contributed by atoms with E-state index < -0.39 is 47.7 Å². The summed E-state index contributed by atoms with van der Waals surface area (Å²) in [7, 11) is 1.50. The molecule has 3 amide bonds. The van der Waals surface area contributed by atoms with Gasteiger partial charge in [0.05, 0.1) is 36.1 Å². The Balaban J connectivity index is 1.34. The summed E-state index contributed by atoms with van der Waals surface area (Å²) in [6, 6.07) is 14.6. The highest BCUT2D eigenvalue weighted by Gasteiger charge is 2.77. The molecule has 1 unspecified atom stereocenters. The molecule has 3 fully saturated rings. The van der Waals surface area contributed by atoms with E-state index in [1.54, 1.807) is 33.9 Å². The molecule has 3 aromatic rings. The first-order valence-electron chi connectivity index (χ1n) is 18.2. The van der Waals surface area contributed by atoms with Crippen molar-refractivity contribution in [2.24, 2.45) is 11.8 Å². The van der Waals surface area contributed by atoms with Gasteiger partial charge in [-0.05, 0) is 43.4 Å². The van der Waals surface area contributed by atoms with Crippen LogP contribution < -0.4 is 5.32 Å². The minimum atomic E-state index is -1.35. The summed E-state index contributed by atoms with van der Waals surface area (Å²) in [6.07, 6.45) is 3.33. The maximum atomic E-state index is 14.9. The Hall–Kier alpha value is -4.44. The summed E-state index contributed by atoms with van der Waals surface area (Å²) in [5, 5.41) is 21.1. The summed E-state index contributed by atoms with van der Waals surface area (Å²) in [5.41, 5.74) is 0.675. The highest BCUT2D eigenvalue weighted by atomic mass is 79.9. The first-order valence-corrected chi connectivity index (χ1v) is 19.2. The molecule has 15 heteroatoms. The summed E-state index contributed by atoms with van der Waals surface area (Å²) in [5.74, 6) is -3.79. The number of halogens is 1. The molecule has 8 atom stereocenters. The van der Waals surface area contributed by atoms with Crippen LogP contribution in [0.1, 0.15) is 43.8 Å². The number of nitrogens with one attached hydrogen (secondary N) is 1. The number of carbonyl (C=O) groups is 4. The lowest BCUT2D eigenvalue weighted by Crippen LogP contribution is -2.57. The molecule has 2 bridgehead atoms. The van der Waals surface area contributed by atoms with E-state index in [4.69, 9.17) is 14.2 Å². The van der Waals surface area contributed by atoms with Gasteiger partial charge in [0, 0.05) is 38.1 Å². The normalized spacial score (nSPS) is 25.3. The van der Waals surface area contributed by atoms with Gasteiger partial charge in [0.1, 0.15) is 29.9 Å². The Kier molecular flexibility index (Phi) is 12.6. The number of amides is 3. The van der Waals surface area contributed by atoms with Crippen LogP contribution in [0.2, 0.25) is 0 Å². The second-order valence-electron chi connectivity index (χ2n) is 13.9. The van der Waals surface area contributed by atoms with Crippen molar-refractivity contribution in [3.63, 3.8) is 0 Å². The number of hydrogen-bond donors (Lipinski definition) is 2. The van der Waals surface area contributed by atoms with Gasteiger partial charge in [-0.25, -0.2) is 4.68 Å². The van der Waals surface area contributed by atoms with Crippen LogP contribution in [0.15, 0.2) is 79.9 Å². The van der Waals surface area contributed by atoms with E-state index in [9.17, 15) is 24.3 Å². The quantitative estimate of drug-likeness (QED) is 0.0795. The van der Waals surface area contributed by atoms with Crippen molar-refractivity contribution in [1.82, 2.24) is 30.1 Å². The molecule has 3 aliphatic heterocycles. The number of allylic oxidation sites excluding steroid dienone is 1. The Morgan fingerprint density at radius 2 is 1.91 bits per heavy atom. The molecule has 1 spiro atoms. The number of aromatic nitrogens is 3. The maximum absolute atomic E-state index is 14.9. The molecule has 0 aliphatic carbocycles. The summed E-state index contributed by atoms with van der Waals surface area (Å²) < 4.78 is 20.2. The van der Waals surface area contributed by atoms with Crippen LogP contribution in [-0.4, -0.2) is 116 Å². The number of benzene rings is 2. The van der Waals surface area contributed by atoms with Gasteiger partial charge in [-0.15, -0.1) is 18.3 Å². The van der Waals surface area contributed by atoms with E-state index in [2.05, 4.69) is 44.7 Å². The van der Waals surface area contributed by atoms with Gasteiger partial charge in [0.25, 0.3) is 0 Å². The van der Waals surface area contributed by atoms with Crippen molar-refractivity contribution in [3.8, 4) is 0 Å². The van der Waals surface area contributed by atoms with E-state index in [1.807, 2.05) is 42.5 Å². The zero-order valence-corrected chi connectivity index (χ0v) is 31.9. The molecule has 0 radical (unpaired) electrons. The molecule has 6 rings (SSSR count). The summed E-state index contributed by atoms with van der Waals surface area (Å²) in [4.78, 5) is 59.8. The van der Waals surface area contributed by atoms with Crippen LogP contribution in [0.5, 0.6) is 0 Å². The van der Waals surface area contributed by atoms with Gasteiger partial charge in [-0.2, -0.15) is 0 Å². The van der Waals surface area contributed by atoms with E-state index in [-0.39, 0.29) is 61.9 Å². The SMILES string of the molecule is C=CCCC(=O)N[C@H](COC)[C@H](OC(=O)[C@@H]1[C@H]2O[C@@]3(CC2Br)[C@H](C(=O)N(CC=C)Cn2nnc4ccccc42)N(CCCCO)C(=O)[C@@H]13)c1ccccc1. The number of hydrogen-bond acceptors (Lipinski definition) is 10. The number of aliphatic hydroxyl groups is 1. The highest BCUT2D eigenvalue weighted by molar-refractivity contribution is 9.09. The fraction of sp³-hybridized carbons (Fsp3) is 0.487. The van der Waals surface area contributed by atoms with Crippen molar-refractivity contribution in [1.29, 1.82) is 0 Å². The first-order chi connectivity index (χ1) is 26.2. The molecule has 54 heavy (non-hydrogen) atoms. The third-order valence-corrected chi connectivity index (χ3v) is 11.3. The number of fused-ring (bicyclic) bond motifs is 2. The highest BCUT2D eigenvalue weighted by Crippen LogP contribution is 2.60. The molecule has 0 saturated carbocycles. The number of nitrogens with zero attached hydrogens (tertiary/aromatic N) is 5. The molecule has 3 aliphatic rings. The second kappa shape index (κ2) is 17.4. The Morgan fingerprint density at radius 3 is 2.63 bits per heavy atom. The van der Waals surface area contributed by atoms with Crippen molar-refractivity contribution in [3.05, 3.63) is 85.5 Å². The third kappa shape index (κ3) is 7.59. The fourth-order valence-corrected chi connectivity index (χ4v) is 9.11. The zero-order valence-electron chi connectivity index (χ0n) is 30.3. The van der Waals surface area contributed by atoms with E-state index >= 15 is 0 Å². The van der Waals surface area contributed by atoms with Crippen molar-refractivity contribution in [2.45, 2.75) is 73.5 Å². The van der Waals surface area contributed by atoms with Crippen LogP contribution in [0.3, 0.4) is 0 Å². The molecule has 14 nitrogen and oxygen atoms in total.